The minimum Gasteiger partial charge on any atom is -0.489 e. The zero-order valence-corrected chi connectivity index (χ0v) is 11.6. The van der Waals surface area contributed by atoms with E-state index in [4.69, 9.17) is 4.74 Å². The number of hydrogen-bond donors (Lipinski definition) is 1. The van der Waals surface area contributed by atoms with Crippen LogP contribution in [0, 0.1) is 5.82 Å². The first-order chi connectivity index (χ1) is 9.02. The zero-order chi connectivity index (χ0) is 14.3. The molecular formula is C15H20FNO2. The van der Waals surface area contributed by atoms with Crippen molar-refractivity contribution in [3.8, 4) is 5.75 Å². The van der Waals surface area contributed by atoms with Crippen molar-refractivity contribution >= 4 is 11.9 Å². The Morgan fingerprint density at radius 1 is 1.53 bits per heavy atom. The Balaban J connectivity index is 2.75. The van der Waals surface area contributed by atoms with Crippen LogP contribution in [0.2, 0.25) is 0 Å². The second-order valence-corrected chi connectivity index (χ2v) is 4.36. The van der Waals surface area contributed by atoms with E-state index in [1.807, 2.05) is 13.8 Å². The Kier molecular flexibility index (Phi) is 6.22. The van der Waals surface area contributed by atoms with Gasteiger partial charge in [-0.25, -0.2) is 4.39 Å². The van der Waals surface area contributed by atoms with E-state index in [-0.39, 0.29) is 17.7 Å². The summed E-state index contributed by atoms with van der Waals surface area (Å²) in [5.41, 5.74) is 0.350. The minimum atomic E-state index is -0.371. The molecule has 104 valence electrons. The summed E-state index contributed by atoms with van der Waals surface area (Å²) in [6.45, 7) is 7.00. The van der Waals surface area contributed by atoms with Crippen LogP contribution in [0.5, 0.6) is 5.75 Å². The second kappa shape index (κ2) is 7.69. The first-order valence-corrected chi connectivity index (χ1v) is 6.38. The Morgan fingerprint density at radius 2 is 2.26 bits per heavy atom. The van der Waals surface area contributed by atoms with Crippen LogP contribution in [0.15, 0.2) is 24.3 Å². The average molecular weight is 265 g/mol. The van der Waals surface area contributed by atoms with E-state index < -0.39 is 0 Å². The van der Waals surface area contributed by atoms with Gasteiger partial charge in [-0.15, -0.1) is 0 Å². The Hall–Kier alpha value is -1.68. The first kappa shape index (κ1) is 15.4. The lowest BCUT2D eigenvalue weighted by Gasteiger charge is -2.15. The summed E-state index contributed by atoms with van der Waals surface area (Å²) in [4.78, 5) is 10.9. The average Bonchev–Trinajstić information content (AvgIpc) is 2.37. The van der Waals surface area contributed by atoms with Gasteiger partial charge >= 0.3 is 0 Å². The molecule has 0 amide bonds. The van der Waals surface area contributed by atoms with Gasteiger partial charge in [0.1, 0.15) is 17.7 Å². The summed E-state index contributed by atoms with van der Waals surface area (Å²) in [6.07, 6.45) is 2.79. The highest BCUT2D eigenvalue weighted by molar-refractivity contribution is 5.91. The van der Waals surface area contributed by atoms with Crippen molar-refractivity contribution in [2.24, 2.45) is 0 Å². The van der Waals surface area contributed by atoms with Gasteiger partial charge in [-0.1, -0.05) is 6.92 Å². The fraction of sp³-hybridized carbons (Fsp3) is 0.400. The summed E-state index contributed by atoms with van der Waals surface area (Å²) < 4.78 is 19.2. The van der Waals surface area contributed by atoms with Crippen LogP contribution in [0.1, 0.15) is 26.3 Å². The monoisotopic (exact) mass is 265 g/mol. The van der Waals surface area contributed by atoms with Crippen LogP contribution >= 0.6 is 0 Å². The number of ketones is 1. The van der Waals surface area contributed by atoms with Crippen molar-refractivity contribution < 1.29 is 13.9 Å². The number of likely N-dealkylation sites (N-methyl/N-ethyl adjacent to an activating group) is 1. The molecular weight excluding hydrogens is 245 g/mol. The third kappa shape index (κ3) is 5.66. The third-order valence-electron chi connectivity index (χ3n) is 2.48. The van der Waals surface area contributed by atoms with Crippen LogP contribution in [-0.4, -0.2) is 25.0 Å². The molecule has 0 saturated carbocycles. The SMILES string of the molecule is CCNCC(C)Oc1ccc(F)c(/C=C/C(C)=O)c1. The van der Waals surface area contributed by atoms with Crippen molar-refractivity contribution in [2.45, 2.75) is 26.9 Å². The molecule has 1 N–H and O–H groups in total. The van der Waals surface area contributed by atoms with Gasteiger partial charge in [0.2, 0.25) is 0 Å². The molecule has 0 aliphatic heterocycles. The Bertz CT molecular complexity index is 457. The largest absolute Gasteiger partial charge is 0.489 e. The lowest BCUT2D eigenvalue weighted by molar-refractivity contribution is -0.112. The molecule has 19 heavy (non-hydrogen) atoms. The topological polar surface area (TPSA) is 38.3 Å². The molecule has 1 aromatic rings. The maximum absolute atomic E-state index is 13.5. The van der Waals surface area contributed by atoms with Crippen molar-refractivity contribution in [2.75, 3.05) is 13.1 Å². The molecule has 1 atom stereocenters. The summed E-state index contributed by atoms with van der Waals surface area (Å²) in [6, 6.07) is 4.52. The standard InChI is InChI=1S/C15H20FNO2/c1-4-17-10-12(3)19-14-7-8-15(16)13(9-14)6-5-11(2)18/h5-9,12,17H,4,10H2,1-3H3/b6-5+. The van der Waals surface area contributed by atoms with Gasteiger partial charge in [-0.3, -0.25) is 4.79 Å². The number of carbonyl (C=O) groups excluding carboxylic acids is 1. The molecule has 0 saturated heterocycles. The predicted octanol–water partition coefficient (Wildman–Crippen LogP) is 2.80. The highest BCUT2D eigenvalue weighted by Crippen LogP contribution is 2.19. The number of nitrogens with one attached hydrogen (secondary N) is 1. The first-order valence-electron chi connectivity index (χ1n) is 6.38. The molecule has 0 radical (unpaired) electrons. The number of rotatable bonds is 7. The predicted molar refractivity (Wildman–Crippen MR) is 74.7 cm³/mol. The number of ether oxygens (including phenoxy) is 1. The summed E-state index contributed by atoms with van der Waals surface area (Å²) in [5.74, 6) is 0.102. The third-order valence-corrected chi connectivity index (χ3v) is 2.48. The van der Waals surface area contributed by atoms with E-state index in [1.165, 1.54) is 25.1 Å². The summed E-state index contributed by atoms with van der Waals surface area (Å²) in [7, 11) is 0. The summed E-state index contributed by atoms with van der Waals surface area (Å²) in [5, 5.41) is 3.18. The van der Waals surface area contributed by atoms with E-state index in [9.17, 15) is 9.18 Å². The molecule has 1 unspecified atom stereocenters. The number of benzene rings is 1. The van der Waals surface area contributed by atoms with Crippen LogP contribution in [-0.2, 0) is 4.79 Å². The van der Waals surface area contributed by atoms with Gasteiger partial charge < -0.3 is 10.1 Å². The molecule has 0 fully saturated rings. The Morgan fingerprint density at radius 3 is 2.89 bits per heavy atom. The van der Waals surface area contributed by atoms with E-state index in [1.54, 1.807) is 12.1 Å². The smallest absolute Gasteiger partial charge is 0.152 e. The molecule has 0 heterocycles. The number of allylic oxidation sites excluding steroid dienone is 1. The van der Waals surface area contributed by atoms with Crippen LogP contribution in [0.3, 0.4) is 0 Å². The van der Waals surface area contributed by atoms with Crippen molar-refractivity contribution in [1.82, 2.24) is 5.32 Å². The minimum absolute atomic E-state index is 0.00459. The van der Waals surface area contributed by atoms with E-state index in [0.29, 0.717) is 11.3 Å². The molecule has 1 rings (SSSR count). The lowest BCUT2D eigenvalue weighted by Crippen LogP contribution is -2.28. The molecule has 3 nitrogen and oxygen atoms in total. The zero-order valence-electron chi connectivity index (χ0n) is 11.6. The van der Waals surface area contributed by atoms with Gasteiger partial charge in [0.05, 0.1) is 0 Å². The molecule has 0 aliphatic rings. The maximum atomic E-state index is 13.5. The molecule has 0 spiro atoms. The van der Waals surface area contributed by atoms with Gasteiger partial charge in [0.15, 0.2) is 5.78 Å². The fourth-order valence-electron chi connectivity index (χ4n) is 1.55. The Labute approximate surface area is 113 Å². The molecule has 0 bridgehead atoms. The van der Waals surface area contributed by atoms with Crippen molar-refractivity contribution in [3.63, 3.8) is 0 Å². The molecule has 4 heteroatoms. The second-order valence-electron chi connectivity index (χ2n) is 4.36. The molecule has 0 aromatic heterocycles. The van der Waals surface area contributed by atoms with E-state index >= 15 is 0 Å². The summed E-state index contributed by atoms with van der Waals surface area (Å²) >= 11 is 0. The molecule has 0 aliphatic carbocycles. The van der Waals surface area contributed by atoms with Crippen molar-refractivity contribution in [1.29, 1.82) is 0 Å². The van der Waals surface area contributed by atoms with Crippen molar-refractivity contribution in [3.05, 3.63) is 35.7 Å². The van der Waals surface area contributed by atoms with Crippen LogP contribution < -0.4 is 10.1 Å². The van der Waals surface area contributed by atoms with Crippen LogP contribution in [0.4, 0.5) is 4.39 Å². The number of carbonyl (C=O) groups is 1. The normalized spacial score (nSPS) is 12.6. The fourth-order valence-corrected chi connectivity index (χ4v) is 1.55. The van der Waals surface area contributed by atoms with Gasteiger partial charge in [0.25, 0.3) is 0 Å². The van der Waals surface area contributed by atoms with Crippen LogP contribution in [0.25, 0.3) is 6.08 Å². The number of halogens is 1. The van der Waals surface area contributed by atoms with E-state index in [2.05, 4.69) is 5.32 Å². The highest BCUT2D eigenvalue weighted by Gasteiger charge is 2.06. The molecule has 1 aromatic carbocycles. The van der Waals surface area contributed by atoms with E-state index in [0.717, 1.165) is 13.1 Å². The maximum Gasteiger partial charge on any atom is 0.152 e. The highest BCUT2D eigenvalue weighted by atomic mass is 19.1. The number of hydrogen-bond acceptors (Lipinski definition) is 3. The van der Waals surface area contributed by atoms with Gasteiger partial charge in [-0.2, -0.15) is 0 Å². The quantitative estimate of drug-likeness (QED) is 0.770. The van der Waals surface area contributed by atoms with Gasteiger partial charge in [0, 0.05) is 12.1 Å². The lowest BCUT2D eigenvalue weighted by atomic mass is 10.1. The van der Waals surface area contributed by atoms with Gasteiger partial charge in [-0.05, 0) is 50.7 Å².